The summed E-state index contributed by atoms with van der Waals surface area (Å²) >= 11 is 0. The van der Waals surface area contributed by atoms with Crippen LogP contribution in [-0.2, 0) is 0 Å². The maximum atomic E-state index is 12.8. The van der Waals surface area contributed by atoms with Crippen LogP contribution in [0.1, 0.15) is 61.4 Å². The van der Waals surface area contributed by atoms with Gasteiger partial charge in [0.25, 0.3) is 0 Å². The number of Topliss-reactive ketones (excluding diaryl/α,β-unsaturated/α-hetero) is 1. The second-order valence-corrected chi connectivity index (χ2v) is 7.85. The molecule has 0 radical (unpaired) electrons. The molecule has 1 aromatic carbocycles. The van der Waals surface area contributed by atoms with Crippen LogP contribution in [0.25, 0.3) is 0 Å². The Labute approximate surface area is 131 Å². The number of aliphatic hydroxyl groups excluding tert-OH is 1. The van der Waals surface area contributed by atoms with Gasteiger partial charge in [0.15, 0.2) is 5.78 Å². The molecule has 0 amide bonds. The Morgan fingerprint density at radius 2 is 2.00 bits per heavy atom. The van der Waals surface area contributed by atoms with E-state index >= 15 is 0 Å². The highest BCUT2D eigenvalue weighted by atomic mass is 16.3. The van der Waals surface area contributed by atoms with Gasteiger partial charge in [-0.25, -0.2) is 0 Å². The first kappa shape index (κ1) is 14.3. The summed E-state index contributed by atoms with van der Waals surface area (Å²) < 4.78 is 0. The number of fused-ring (bicyclic) bond motifs is 5. The number of benzene rings is 1. The third-order valence-corrected chi connectivity index (χ3v) is 6.98. The van der Waals surface area contributed by atoms with E-state index in [9.17, 15) is 15.0 Å². The maximum Gasteiger partial charge on any atom is 0.166 e. The first-order valence-corrected chi connectivity index (χ1v) is 8.48. The van der Waals surface area contributed by atoms with Crippen LogP contribution in [0.15, 0.2) is 18.2 Å². The number of hydrogen-bond donors (Lipinski definition) is 2. The predicted octanol–water partition coefficient (Wildman–Crippen LogP) is 3.50. The minimum atomic E-state index is -0.220. The lowest BCUT2D eigenvalue weighted by molar-refractivity contribution is -0.0318. The quantitative estimate of drug-likeness (QED) is 0.771. The van der Waals surface area contributed by atoms with Crippen LogP contribution in [0.3, 0.4) is 0 Å². The van der Waals surface area contributed by atoms with Crippen molar-refractivity contribution >= 4 is 5.78 Å². The van der Waals surface area contributed by atoms with E-state index in [1.54, 1.807) is 12.1 Å². The average molecular weight is 300 g/mol. The molecule has 1 aromatic rings. The van der Waals surface area contributed by atoms with Gasteiger partial charge in [0, 0.05) is 11.5 Å². The standard InChI is InChI=1S/C19H24O3/c1-10-17-13(7-8-19(2)15(17)5-6-16(19)21)12-4-3-11(20)9-14(12)18(10)22/h3-4,9-10,13,15-17,20-21H,5-8H2,1-2H3/t10-,13+,15-,16-,17+,19-/m0/s1. The SMILES string of the molecule is C[C@@H]1C(=O)c2cc(O)ccc2[C@H]2CC[C@]3(C)[C@@H](O)CC[C@H]3[C@H]12. The summed E-state index contributed by atoms with van der Waals surface area (Å²) in [6.07, 6.45) is 3.74. The summed E-state index contributed by atoms with van der Waals surface area (Å²) in [6, 6.07) is 5.29. The van der Waals surface area contributed by atoms with Crippen molar-refractivity contribution in [3.8, 4) is 5.75 Å². The molecule has 4 rings (SSSR count). The zero-order valence-electron chi connectivity index (χ0n) is 13.2. The van der Waals surface area contributed by atoms with E-state index in [2.05, 4.69) is 6.92 Å². The third kappa shape index (κ3) is 1.69. The summed E-state index contributed by atoms with van der Waals surface area (Å²) in [6.45, 7) is 4.26. The van der Waals surface area contributed by atoms with Crippen molar-refractivity contribution in [3.63, 3.8) is 0 Å². The Balaban J connectivity index is 1.82. The van der Waals surface area contributed by atoms with Gasteiger partial charge in [0.05, 0.1) is 6.10 Å². The van der Waals surface area contributed by atoms with Crippen LogP contribution in [0.4, 0.5) is 0 Å². The smallest absolute Gasteiger partial charge is 0.166 e. The van der Waals surface area contributed by atoms with Crippen molar-refractivity contribution < 1.29 is 15.0 Å². The van der Waals surface area contributed by atoms with Gasteiger partial charge in [-0.15, -0.1) is 0 Å². The van der Waals surface area contributed by atoms with Crippen molar-refractivity contribution in [2.75, 3.05) is 0 Å². The lowest BCUT2D eigenvalue weighted by Crippen LogP contribution is -2.48. The molecule has 0 aliphatic heterocycles. The van der Waals surface area contributed by atoms with Gasteiger partial charge >= 0.3 is 0 Å². The van der Waals surface area contributed by atoms with E-state index in [0.717, 1.165) is 36.8 Å². The van der Waals surface area contributed by atoms with Crippen molar-refractivity contribution in [2.24, 2.45) is 23.2 Å². The van der Waals surface area contributed by atoms with Gasteiger partial charge in [-0.1, -0.05) is 19.9 Å². The number of phenolic OH excluding ortho intramolecular Hbond substituents is 1. The van der Waals surface area contributed by atoms with Gasteiger partial charge in [0.1, 0.15) is 5.75 Å². The summed E-state index contributed by atoms with van der Waals surface area (Å²) in [5.41, 5.74) is 1.81. The predicted molar refractivity (Wildman–Crippen MR) is 83.9 cm³/mol. The number of ketones is 1. The average Bonchev–Trinajstić information content (AvgIpc) is 2.80. The number of aromatic hydroxyl groups is 1. The summed E-state index contributed by atoms with van der Waals surface area (Å²) in [5.74, 6) is 1.48. The van der Waals surface area contributed by atoms with Crippen molar-refractivity contribution in [2.45, 2.75) is 51.6 Å². The molecular weight excluding hydrogens is 276 g/mol. The van der Waals surface area contributed by atoms with Crippen LogP contribution in [0.2, 0.25) is 0 Å². The molecule has 0 heterocycles. The molecule has 6 atom stereocenters. The highest BCUT2D eigenvalue weighted by molar-refractivity contribution is 6.01. The number of phenols is 1. The van der Waals surface area contributed by atoms with Gasteiger partial charge in [-0.3, -0.25) is 4.79 Å². The van der Waals surface area contributed by atoms with Crippen molar-refractivity contribution in [1.82, 2.24) is 0 Å². The fourth-order valence-electron chi connectivity index (χ4n) is 5.73. The van der Waals surface area contributed by atoms with Gasteiger partial charge in [-0.2, -0.15) is 0 Å². The molecule has 118 valence electrons. The largest absolute Gasteiger partial charge is 0.508 e. The van der Waals surface area contributed by atoms with E-state index in [-0.39, 0.29) is 29.0 Å². The van der Waals surface area contributed by atoms with E-state index in [1.165, 1.54) is 0 Å². The molecule has 3 heteroatoms. The monoisotopic (exact) mass is 300 g/mol. The lowest BCUT2D eigenvalue weighted by Gasteiger charge is -2.51. The Hall–Kier alpha value is -1.35. The van der Waals surface area contributed by atoms with E-state index < -0.39 is 0 Å². The molecule has 0 bridgehead atoms. The Bertz CT molecular complexity index is 638. The summed E-state index contributed by atoms with van der Waals surface area (Å²) in [5, 5.41) is 20.2. The van der Waals surface area contributed by atoms with Gasteiger partial charge in [-0.05, 0) is 66.5 Å². The number of carbonyl (C=O) groups excluding carboxylic acids is 1. The highest BCUT2D eigenvalue weighted by Gasteiger charge is 2.57. The van der Waals surface area contributed by atoms with Crippen LogP contribution in [0.5, 0.6) is 5.75 Å². The lowest BCUT2D eigenvalue weighted by atomic mass is 9.52. The molecule has 0 unspecified atom stereocenters. The van der Waals surface area contributed by atoms with Crippen LogP contribution < -0.4 is 0 Å². The zero-order chi connectivity index (χ0) is 15.6. The fourth-order valence-corrected chi connectivity index (χ4v) is 5.73. The van der Waals surface area contributed by atoms with E-state index in [4.69, 9.17) is 0 Å². The van der Waals surface area contributed by atoms with Crippen molar-refractivity contribution in [3.05, 3.63) is 29.3 Å². The molecule has 0 aromatic heterocycles. The maximum absolute atomic E-state index is 12.8. The fraction of sp³-hybridized carbons (Fsp3) is 0.632. The molecule has 2 saturated carbocycles. The molecule has 3 aliphatic carbocycles. The molecular formula is C19H24O3. The zero-order valence-corrected chi connectivity index (χ0v) is 13.2. The normalized spacial score (nSPS) is 43.4. The van der Waals surface area contributed by atoms with Crippen LogP contribution >= 0.6 is 0 Å². The molecule has 0 saturated heterocycles. The molecule has 0 spiro atoms. The first-order valence-electron chi connectivity index (χ1n) is 8.48. The minimum Gasteiger partial charge on any atom is -0.508 e. The summed E-state index contributed by atoms with van der Waals surface area (Å²) in [4.78, 5) is 12.8. The highest BCUT2D eigenvalue weighted by Crippen LogP contribution is 2.62. The number of aliphatic hydroxyl groups is 1. The Kier molecular flexibility index (Phi) is 2.96. The molecule has 3 aliphatic rings. The molecule has 3 nitrogen and oxygen atoms in total. The second-order valence-electron chi connectivity index (χ2n) is 7.85. The molecule has 22 heavy (non-hydrogen) atoms. The first-order chi connectivity index (χ1) is 10.4. The number of rotatable bonds is 0. The second kappa shape index (κ2) is 4.58. The van der Waals surface area contributed by atoms with Gasteiger partial charge in [0.2, 0.25) is 0 Å². The summed E-state index contributed by atoms with van der Waals surface area (Å²) in [7, 11) is 0. The number of carbonyl (C=O) groups is 1. The van der Waals surface area contributed by atoms with Gasteiger partial charge < -0.3 is 10.2 Å². The topological polar surface area (TPSA) is 57.5 Å². The Morgan fingerprint density at radius 1 is 1.23 bits per heavy atom. The van der Waals surface area contributed by atoms with Crippen LogP contribution in [-0.4, -0.2) is 22.1 Å². The minimum absolute atomic E-state index is 0.0192. The Morgan fingerprint density at radius 3 is 2.77 bits per heavy atom. The van der Waals surface area contributed by atoms with Crippen LogP contribution in [0, 0.1) is 23.2 Å². The van der Waals surface area contributed by atoms with E-state index in [1.807, 2.05) is 13.0 Å². The van der Waals surface area contributed by atoms with Crippen molar-refractivity contribution in [1.29, 1.82) is 0 Å². The number of hydrogen-bond acceptors (Lipinski definition) is 3. The molecule has 2 fully saturated rings. The third-order valence-electron chi connectivity index (χ3n) is 6.98. The van der Waals surface area contributed by atoms with E-state index in [0.29, 0.717) is 17.8 Å². The molecule has 2 N–H and O–H groups in total.